The van der Waals surface area contributed by atoms with E-state index in [1.54, 1.807) is 0 Å². The fraction of sp³-hybridized carbons (Fsp3) is 0.100. The van der Waals surface area contributed by atoms with Crippen molar-refractivity contribution in [1.82, 2.24) is 4.98 Å². The molecule has 9 heteroatoms. The third-order valence-corrected chi connectivity index (χ3v) is 5.84. The van der Waals surface area contributed by atoms with Gasteiger partial charge in [-0.25, -0.2) is 12.8 Å². The third kappa shape index (κ3) is 2.88. The normalized spacial score (nSPS) is 11.5. The molecule has 0 bridgehead atoms. The van der Waals surface area contributed by atoms with E-state index in [1.165, 1.54) is 19.1 Å². The highest BCUT2D eigenvalue weighted by Gasteiger charge is 2.23. The van der Waals surface area contributed by atoms with Crippen LogP contribution in [-0.4, -0.2) is 13.4 Å². The highest BCUT2D eigenvalue weighted by atomic mass is 79.9. The van der Waals surface area contributed by atoms with E-state index in [0.717, 1.165) is 6.07 Å². The maximum Gasteiger partial charge on any atom is 0.306 e. The Morgan fingerprint density at radius 2 is 2.11 bits per heavy atom. The minimum Gasteiger partial charge on any atom is -0.315 e. The van der Waals surface area contributed by atoms with E-state index in [4.69, 9.17) is 0 Å². The lowest BCUT2D eigenvalue weighted by Crippen LogP contribution is -2.14. The maximum atomic E-state index is 13.6. The first-order valence-corrected chi connectivity index (χ1v) is 8.07. The molecule has 2 aromatic rings. The van der Waals surface area contributed by atoms with Crippen LogP contribution in [-0.2, 0) is 10.0 Å². The summed E-state index contributed by atoms with van der Waals surface area (Å²) in [5.41, 5.74) is 0.0257. The zero-order chi connectivity index (χ0) is 14.2. The van der Waals surface area contributed by atoms with Gasteiger partial charge in [0.1, 0.15) is 5.82 Å². The van der Waals surface area contributed by atoms with Crippen molar-refractivity contribution in [2.24, 2.45) is 0 Å². The average molecular weight is 367 g/mol. The molecule has 0 saturated heterocycles. The number of aromatic amines is 1. The van der Waals surface area contributed by atoms with Crippen LogP contribution in [0.5, 0.6) is 0 Å². The predicted molar refractivity (Wildman–Crippen MR) is 74.6 cm³/mol. The van der Waals surface area contributed by atoms with Gasteiger partial charge in [0, 0.05) is 10.2 Å². The summed E-state index contributed by atoms with van der Waals surface area (Å²) < 4.78 is 40.0. The molecule has 0 fully saturated rings. The molecule has 1 aromatic carbocycles. The van der Waals surface area contributed by atoms with E-state index in [2.05, 4.69) is 25.6 Å². The lowest BCUT2D eigenvalue weighted by atomic mass is 10.3. The number of hydrogen-bond acceptors (Lipinski definition) is 4. The topological polar surface area (TPSA) is 79.0 Å². The third-order valence-electron chi connectivity index (χ3n) is 2.22. The van der Waals surface area contributed by atoms with Crippen molar-refractivity contribution >= 4 is 43.0 Å². The number of anilines is 1. The molecular weight excluding hydrogens is 359 g/mol. The predicted octanol–water partition coefficient (Wildman–Crippen LogP) is 2.45. The summed E-state index contributed by atoms with van der Waals surface area (Å²) in [7, 11) is -4.00. The number of thiazole rings is 1. The fourth-order valence-corrected chi connectivity index (χ4v) is 4.39. The number of nitrogens with one attached hydrogen (secondary N) is 2. The highest BCUT2D eigenvalue weighted by molar-refractivity contribution is 9.10. The molecule has 102 valence electrons. The Bertz CT molecular complexity index is 762. The number of rotatable bonds is 3. The summed E-state index contributed by atoms with van der Waals surface area (Å²) in [5, 5.41) is 0. The van der Waals surface area contributed by atoms with Crippen LogP contribution >= 0.6 is 27.3 Å². The Kier molecular flexibility index (Phi) is 3.79. The summed E-state index contributed by atoms with van der Waals surface area (Å²) in [6.07, 6.45) is 0. The van der Waals surface area contributed by atoms with Crippen molar-refractivity contribution < 1.29 is 12.8 Å². The van der Waals surface area contributed by atoms with Crippen molar-refractivity contribution in [2.45, 2.75) is 11.1 Å². The largest absolute Gasteiger partial charge is 0.315 e. The molecule has 0 saturated carbocycles. The summed E-state index contributed by atoms with van der Waals surface area (Å²) in [4.78, 5) is 13.0. The second-order valence-corrected chi connectivity index (χ2v) is 7.34. The molecule has 0 radical (unpaired) electrons. The number of benzene rings is 1. The fourth-order valence-electron chi connectivity index (χ4n) is 1.42. The van der Waals surface area contributed by atoms with Crippen LogP contribution in [0.25, 0.3) is 0 Å². The van der Waals surface area contributed by atoms with E-state index in [1.807, 2.05) is 0 Å². The lowest BCUT2D eigenvalue weighted by molar-refractivity contribution is 0.599. The Morgan fingerprint density at radius 3 is 2.63 bits per heavy atom. The van der Waals surface area contributed by atoms with Gasteiger partial charge in [-0.2, -0.15) is 0 Å². The first kappa shape index (κ1) is 14.2. The van der Waals surface area contributed by atoms with Crippen molar-refractivity contribution in [3.63, 3.8) is 0 Å². The number of hydrogen-bond donors (Lipinski definition) is 2. The molecule has 1 heterocycles. The highest BCUT2D eigenvalue weighted by Crippen LogP contribution is 2.28. The van der Waals surface area contributed by atoms with E-state index in [9.17, 15) is 17.6 Å². The number of aryl methyl sites for hydroxylation is 1. The van der Waals surface area contributed by atoms with Gasteiger partial charge in [-0.05, 0) is 35.0 Å². The monoisotopic (exact) mass is 366 g/mol. The van der Waals surface area contributed by atoms with Gasteiger partial charge < -0.3 is 4.98 Å². The van der Waals surface area contributed by atoms with Crippen molar-refractivity contribution in [2.75, 3.05) is 4.72 Å². The lowest BCUT2D eigenvalue weighted by Gasteiger charge is -2.09. The van der Waals surface area contributed by atoms with Crippen LogP contribution < -0.4 is 9.60 Å². The Balaban J connectivity index is 2.48. The van der Waals surface area contributed by atoms with Crippen LogP contribution in [0.3, 0.4) is 0 Å². The first-order valence-electron chi connectivity index (χ1n) is 4.98. The van der Waals surface area contributed by atoms with E-state index in [0.29, 0.717) is 11.3 Å². The summed E-state index contributed by atoms with van der Waals surface area (Å²) in [6.45, 7) is 1.46. The quantitative estimate of drug-likeness (QED) is 0.875. The number of halogens is 2. The summed E-state index contributed by atoms with van der Waals surface area (Å²) >= 11 is 3.62. The number of para-hydroxylation sites is 1. The van der Waals surface area contributed by atoms with Gasteiger partial charge in [0.25, 0.3) is 10.0 Å². The van der Waals surface area contributed by atoms with Crippen LogP contribution in [0, 0.1) is 12.7 Å². The molecular formula is C10H8BrFN2O3S2. The zero-order valence-corrected chi connectivity index (χ0v) is 12.7. The molecule has 2 rings (SSSR count). The van der Waals surface area contributed by atoms with Crippen LogP contribution in [0.15, 0.2) is 31.7 Å². The molecule has 0 aliphatic heterocycles. The molecule has 0 aliphatic rings. The van der Waals surface area contributed by atoms with Gasteiger partial charge >= 0.3 is 4.87 Å². The van der Waals surface area contributed by atoms with E-state index < -0.39 is 20.7 Å². The maximum absolute atomic E-state index is 13.6. The first-order chi connectivity index (χ1) is 8.81. The molecule has 0 amide bonds. The van der Waals surface area contributed by atoms with E-state index in [-0.39, 0.29) is 20.1 Å². The average Bonchev–Trinajstić information content (AvgIpc) is 2.64. The van der Waals surface area contributed by atoms with Gasteiger partial charge in [-0.15, -0.1) is 0 Å². The summed E-state index contributed by atoms with van der Waals surface area (Å²) in [6, 6.07) is 4.08. The van der Waals surface area contributed by atoms with Crippen LogP contribution in [0.2, 0.25) is 0 Å². The SMILES string of the molecule is Cc1[nH]c(=O)sc1S(=O)(=O)Nc1c(F)cccc1Br. The smallest absolute Gasteiger partial charge is 0.306 e. The zero-order valence-electron chi connectivity index (χ0n) is 9.53. The minimum atomic E-state index is -4.00. The molecule has 1 aromatic heterocycles. The molecule has 0 spiro atoms. The Labute approximate surface area is 120 Å². The number of aromatic nitrogens is 1. The van der Waals surface area contributed by atoms with Gasteiger partial charge in [0.05, 0.1) is 5.69 Å². The minimum absolute atomic E-state index is 0.160. The molecule has 0 atom stereocenters. The number of H-pyrrole nitrogens is 1. The van der Waals surface area contributed by atoms with Crippen molar-refractivity contribution in [3.05, 3.63) is 43.9 Å². The second-order valence-electron chi connectivity index (χ2n) is 3.63. The molecule has 5 nitrogen and oxygen atoms in total. The molecule has 2 N–H and O–H groups in total. The summed E-state index contributed by atoms with van der Waals surface area (Å²) in [5.74, 6) is -0.710. The van der Waals surface area contributed by atoms with Crippen molar-refractivity contribution in [3.8, 4) is 0 Å². The molecule has 0 unspecified atom stereocenters. The van der Waals surface area contributed by atoms with Gasteiger partial charge in [-0.3, -0.25) is 9.52 Å². The second kappa shape index (κ2) is 5.06. The standard InChI is InChI=1S/C10H8BrFN2O3S2/c1-5-9(18-10(15)13-5)19(16,17)14-8-6(11)3-2-4-7(8)12/h2-4,14H,1H3,(H,13,15). The molecule has 19 heavy (non-hydrogen) atoms. The van der Waals surface area contributed by atoms with Gasteiger partial charge in [0.2, 0.25) is 0 Å². The molecule has 0 aliphatic carbocycles. The Morgan fingerprint density at radius 1 is 1.42 bits per heavy atom. The number of sulfonamides is 1. The Hall–Kier alpha value is -1.19. The van der Waals surface area contributed by atoms with E-state index >= 15 is 0 Å². The van der Waals surface area contributed by atoms with Crippen molar-refractivity contribution in [1.29, 1.82) is 0 Å². The van der Waals surface area contributed by atoms with Crippen LogP contribution in [0.4, 0.5) is 10.1 Å². The van der Waals surface area contributed by atoms with Crippen LogP contribution in [0.1, 0.15) is 5.69 Å². The van der Waals surface area contributed by atoms with Gasteiger partial charge in [-0.1, -0.05) is 17.4 Å². The van der Waals surface area contributed by atoms with Gasteiger partial charge in [0.15, 0.2) is 4.21 Å².